The molecule has 0 saturated carbocycles. The maximum Gasteiger partial charge on any atom is 0.302 e. The summed E-state index contributed by atoms with van der Waals surface area (Å²) in [7, 11) is 0. The Morgan fingerprint density at radius 3 is 2.44 bits per heavy atom. The molecule has 0 aliphatic rings. The maximum atomic E-state index is 10.7. The fraction of sp³-hybridized carbons (Fsp3) is 0.786. The number of ether oxygens (including phenoxy) is 1. The maximum absolute atomic E-state index is 10.7. The highest BCUT2D eigenvalue weighted by Gasteiger charge is 2.18. The average molecular weight is 226 g/mol. The van der Waals surface area contributed by atoms with E-state index >= 15 is 0 Å². The van der Waals surface area contributed by atoms with Gasteiger partial charge in [-0.25, -0.2) is 0 Å². The first-order chi connectivity index (χ1) is 7.48. The third-order valence-corrected chi connectivity index (χ3v) is 2.54. The minimum Gasteiger partial charge on any atom is -0.465 e. The van der Waals surface area contributed by atoms with E-state index in [0.717, 1.165) is 12.8 Å². The molecule has 0 atom stereocenters. The van der Waals surface area contributed by atoms with E-state index in [9.17, 15) is 4.79 Å². The van der Waals surface area contributed by atoms with E-state index in [0.29, 0.717) is 6.61 Å². The van der Waals surface area contributed by atoms with Gasteiger partial charge in [-0.15, -0.1) is 0 Å². The largest absolute Gasteiger partial charge is 0.465 e. The SMILES string of the molecule is CCCC/C=C\CCC(C)(C)COC(C)=O. The summed E-state index contributed by atoms with van der Waals surface area (Å²) in [5.41, 5.74) is 0.0841. The smallest absolute Gasteiger partial charge is 0.302 e. The number of unbranched alkanes of at least 4 members (excludes halogenated alkanes) is 2. The molecule has 0 radical (unpaired) electrons. The normalized spacial score (nSPS) is 12.0. The molecule has 0 heterocycles. The van der Waals surface area contributed by atoms with Gasteiger partial charge in [0.05, 0.1) is 6.61 Å². The zero-order valence-corrected chi connectivity index (χ0v) is 11.2. The number of carbonyl (C=O) groups excluding carboxylic acids is 1. The van der Waals surface area contributed by atoms with Crippen LogP contribution in [0.25, 0.3) is 0 Å². The van der Waals surface area contributed by atoms with Gasteiger partial charge in [0.2, 0.25) is 0 Å². The van der Waals surface area contributed by atoms with Gasteiger partial charge in [0.15, 0.2) is 0 Å². The van der Waals surface area contributed by atoms with E-state index in [2.05, 4.69) is 32.9 Å². The molecule has 2 nitrogen and oxygen atoms in total. The summed E-state index contributed by atoms with van der Waals surface area (Å²) in [4.78, 5) is 10.7. The van der Waals surface area contributed by atoms with Crippen molar-refractivity contribution in [1.82, 2.24) is 0 Å². The van der Waals surface area contributed by atoms with Gasteiger partial charge in [0, 0.05) is 6.92 Å². The van der Waals surface area contributed by atoms with Gasteiger partial charge in [-0.05, 0) is 24.7 Å². The molecular weight excluding hydrogens is 200 g/mol. The Bertz CT molecular complexity index is 217. The van der Waals surface area contributed by atoms with Crippen molar-refractivity contribution in [2.75, 3.05) is 6.61 Å². The molecule has 0 unspecified atom stereocenters. The molecule has 0 aromatic carbocycles. The van der Waals surface area contributed by atoms with E-state index in [4.69, 9.17) is 4.74 Å². The lowest BCUT2D eigenvalue weighted by molar-refractivity contribution is -0.144. The summed E-state index contributed by atoms with van der Waals surface area (Å²) in [6.45, 7) is 8.45. The Balaban J connectivity index is 3.64. The van der Waals surface area contributed by atoms with E-state index in [1.807, 2.05) is 0 Å². The monoisotopic (exact) mass is 226 g/mol. The summed E-state index contributed by atoms with van der Waals surface area (Å²) in [6, 6.07) is 0. The first kappa shape index (κ1) is 15.2. The molecule has 0 saturated heterocycles. The molecule has 0 N–H and O–H groups in total. The van der Waals surface area contributed by atoms with Crippen LogP contribution in [0.1, 0.15) is 59.8 Å². The molecule has 2 heteroatoms. The summed E-state index contributed by atoms with van der Waals surface area (Å²) in [6.07, 6.45) is 10.3. The summed E-state index contributed by atoms with van der Waals surface area (Å²) in [5.74, 6) is -0.188. The number of esters is 1. The highest BCUT2D eigenvalue weighted by Crippen LogP contribution is 2.23. The Morgan fingerprint density at radius 1 is 1.25 bits per heavy atom. The second-order valence-electron chi connectivity index (χ2n) is 5.10. The van der Waals surface area contributed by atoms with Crippen LogP contribution in [-0.2, 0) is 9.53 Å². The Labute approximate surface area is 100 Å². The fourth-order valence-corrected chi connectivity index (χ4v) is 1.40. The van der Waals surface area contributed by atoms with Crippen LogP contribution in [0, 0.1) is 5.41 Å². The van der Waals surface area contributed by atoms with Crippen molar-refractivity contribution >= 4 is 5.97 Å². The molecule has 16 heavy (non-hydrogen) atoms. The molecule has 0 aliphatic heterocycles. The van der Waals surface area contributed by atoms with Crippen LogP contribution in [0.3, 0.4) is 0 Å². The minimum absolute atomic E-state index is 0.0841. The molecule has 0 aliphatic carbocycles. The molecule has 94 valence electrons. The molecular formula is C14H26O2. The van der Waals surface area contributed by atoms with Crippen molar-refractivity contribution in [3.8, 4) is 0 Å². The summed E-state index contributed by atoms with van der Waals surface area (Å²) in [5, 5.41) is 0. The highest BCUT2D eigenvalue weighted by atomic mass is 16.5. The highest BCUT2D eigenvalue weighted by molar-refractivity contribution is 5.65. The van der Waals surface area contributed by atoms with Crippen LogP contribution in [0.4, 0.5) is 0 Å². The van der Waals surface area contributed by atoms with Crippen LogP contribution < -0.4 is 0 Å². The second-order valence-corrected chi connectivity index (χ2v) is 5.10. The summed E-state index contributed by atoms with van der Waals surface area (Å²) >= 11 is 0. The average Bonchev–Trinajstić information content (AvgIpc) is 2.21. The molecule has 0 amide bonds. The van der Waals surface area contributed by atoms with Crippen LogP contribution >= 0.6 is 0 Å². The van der Waals surface area contributed by atoms with E-state index in [1.165, 1.54) is 26.2 Å². The topological polar surface area (TPSA) is 26.3 Å². The number of rotatable bonds is 8. The quantitative estimate of drug-likeness (QED) is 0.354. The van der Waals surface area contributed by atoms with Gasteiger partial charge in [0.25, 0.3) is 0 Å². The Morgan fingerprint density at radius 2 is 1.88 bits per heavy atom. The lowest BCUT2D eigenvalue weighted by Crippen LogP contribution is -2.20. The van der Waals surface area contributed by atoms with Crippen LogP contribution in [-0.4, -0.2) is 12.6 Å². The predicted molar refractivity (Wildman–Crippen MR) is 68.3 cm³/mol. The van der Waals surface area contributed by atoms with Crippen molar-refractivity contribution in [2.45, 2.75) is 59.8 Å². The first-order valence-corrected chi connectivity index (χ1v) is 6.26. The Kier molecular flexibility index (Phi) is 7.96. The molecule has 0 aromatic heterocycles. The van der Waals surface area contributed by atoms with Gasteiger partial charge in [-0.1, -0.05) is 45.8 Å². The van der Waals surface area contributed by atoms with Gasteiger partial charge in [0.1, 0.15) is 0 Å². The van der Waals surface area contributed by atoms with E-state index in [1.54, 1.807) is 0 Å². The van der Waals surface area contributed by atoms with Gasteiger partial charge in [-0.3, -0.25) is 4.79 Å². The molecule has 0 bridgehead atoms. The molecule has 0 spiro atoms. The third-order valence-electron chi connectivity index (χ3n) is 2.54. The fourth-order valence-electron chi connectivity index (χ4n) is 1.40. The Hall–Kier alpha value is -0.790. The second kappa shape index (κ2) is 8.37. The lowest BCUT2D eigenvalue weighted by Gasteiger charge is -2.22. The third kappa shape index (κ3) is 9.75. The number of hydrogen-bond acceptors (Lipinski definition) is 2. The first-order valence-electron chi connectivity index (χ1n) is 6.26. The zero-order valence-electron chi connectivity index (χ0n) is 11.2. The number of hydrogen-bond donors (Lipinski definition) is 0. The molecule has 0 rings (SSSR count). The van der Waals surface area contributed by atoms with Crippen molar-refractivity contribution in [3.63, 3.8) is 0 Å². The molecule has 0 fully saturated rings. The van der Waals surface area contributed by atoms with E-state index in [-0.39, 0.29) is 11.4 Å². The van der Waals surface area contributed by atoms with Crippen molar-refractivity contribution < 1.29 is 9.53 Å². The standard InChI is InChI=1S/C14H26O2/c1-5-6-7-8-9-10-11-14(3,4)12-16-13(2)15/h8-9H,5-7,10-12H2,1-4H3/b9-8-. The summed E-state index contributed by atoms with van der Waals surface area (Å²) < 4.78 is 5.04. The minimum atomic E-state index is -0.188. The number of carbonyl (C=O) groups is 1. The zero-order chi connectivity index (χ0) is 12.4. The van der Waals surface area contributed by atoms with Crippen LogP contribution in [0.2, 0.25) is 0 Å². The van der Waals surface area contributed by atoms with Gasteiger partial charge >= 0.3 is 5.97 Å². The van der Waals surface area contributed by atoms with E-state index < -0.39 is 0 Å². The van der Waals surface area contributed by atoms with Gasteiger partial charge in [-0.2, -0.15) is 0 Å². The van der Waals surface area contributed by atoms with Crippen molar-refractivity contribution in [2.24, 2.45) is 5.41 Å². The van der Waals surface area contributed by atoms with Crippen molar-refractivity contribution in [1.29, 1.82) is 0 Å². The predicted octanol–water partition coefficient (Wildman–Crippen LogP) is 4.10. The van der Waals surface area contributed by atoms with Crippen molar-refractivity contribution in [3.05, 3.63) is 12.2 Å². The van der Waals surface area contributed by atoms with Gasteiger partial charge < -0.3 is 4.74 Å². The number of allylic oxidation sites excluding steroid dienone is 2. The van der Waals surface area contributed by atoms with Crippen LogP contribution in [0.5, 0.6) is 0 Å². The van der Waals surface area contributed by atoms with Crippen LogP contribution in [0.15, 0.2) is 12.2 Å². The molecule has 0 aromatic rings. The lowest BCUT2D eigenvalue weighted by atomic mass is 9.89.